The summed E-state index contributed by atoms with van der Waals surface area (Å²) in [6, 6.07) is 8.15. The Kier molecular flexibility index (Phi) is 4.71. The van der Waals surface area contributed by atoms with Crippen LogP contribution in [0.15, 0.2) is 30.5 Å². The molecule has 0 spiro atoms. The SMILES string of the molecule is COc1ncc(CNCC(C)OC)c2ccccc12. The molecule has 1 unspecified atom stereocenters. The van der Waals surface area contributed by atoms with Crippen LogP contribution in [0.3, 0.4) is 0 Å². The lowest BCUT2D eigenvalue weighted by atomic mass is 10.1. The number of methoxy groups -OCH3 is 2. The van der Waals surface area contributed by atoms with E-state index >= 15 is 0 Å². The van der Waals surface area contributed by atoms with Gasteiger partial charge >= 0.3 is 0 Å². The first-order valence-corrected chi connectivity index (χ1v) is 6.40. The number of hydrogen-bond donors (Lipinski definition) is 1. The lowest BCUT2D eigenvalue weighted by Crippen LogP contribution is -2.25. The van der Waals surface area contributed by atoms with E-state index in [0.29, 0.717) is 5.88 Å². The summed E-state index contributed by atoms with van der Waals surface area (Å²) in [5, 5.41) is 5.59. The fraction of sp³-hybridized carbons (Fsp3) is 0.400. The second kappa shape index (κ2) is 6.50. The van der Waals surface area contributed by atoms with E-state index in [1.54, 1.807) is 14.2 Å². The molecule has 0 saturated carbocycles. The first kappa shape index (κ1) is 13.8. The highest BCUT2D eigenvalue weighted by molar-refractivity contribution is 5.89. The minimum absolute atomic E-state index is 0.206. The molecule has 102 valence electrons. The second-order valence-corrected chi connectivity index (χ2v) is 4.52. The Labute approximate surface area is 113 Å². The van der Waals surface area contributed by atoms with Gasteiger partial charge in [-0.25, -0.2) is 4.98 Å². The zero-order chi connectivity index (χ0) is 13.7. The maximum atomic E-state index is 5.29. The molecule has 0 aliphatic heterocycles. The second-order valence-electron chi connectivity index (χ2n) is 4.52. The highest BCUT2D eigenvalue weighted by Crippen LogP contribution is 2.25. The van der Waals surface area contributed by atoms with Crippen LogP contribution in [0.1, 0.15) is 12.5 Å². The Morgan fingerprint density at radius 3 is 2.63 bits per heavy atom. The number of nitrogens with one attached hydrogen (secondary N) is 1. The quantitative estimate of drug-likeness (QED) is 0.866. The van der Waals surface area contributed by atoms with Crippen molar-refractivity contribution in [2.24, 2.45) is 0 Å². The van der Waals surface area contributed by atoms with E-state index in [2.05, 4.69) is 16.4 Å². The van der Waals surface area contributed by atoms with Gasteiger partial charge in [-0.2, -0.15) is 0 Å². The number of fused-ring (bicyclic) bond motifs is 1. The number of nitrogens with zero attached hydrogens (tertiary/aromatic N) is 1. The Balaban J connectivity index is 2.20. The third-order valence-corrected chi connectivity index (χ3v) is 3.18. The Hall–Kier alpha value is -1.65. The van der Waals surface area contributed by atoms with Crippen LogP contribution < -0.4 is 10.1 Å². The minimum Gasteiger partial charge on any atom is -0.481 e. The molecule has 0 radical (unpaired) electrons. The molecule has 2 aromatic rings. The van der Waals surface area contributed by atoms with Gasteiger partial charge in [-0.05, 0) is 23.9 Å². The first-order chi connectivity index (χ1) is 9.26. The van der Waals surface area contributed by atoms with Gasteiger partial charge in [0.15, 0.2) is 0 Å². The first-order valence-electron chi connectivity index (χ1n) is 6.40. The largest absolute Gasteiger partial charge is 0.481 e. The van der Waals surface area contributed by atoms with Gasteiger partial charge < -0.3 is 14.8 Å². The Morgan fingerprint density at radius 2 is 1.95 bits per heavy atom. The molecule has 1 heterocycles. The fourth-order valence-electron chi connectivity index (χ4n) is 2.02. The van der Waals surface area contributed by atoms with Crippen LogP contribution in [0.4, 0.5) is 0 Å². The summed E-state index contributed by atoms with van der Waals surface area (Å²) in [5.41, 5.74) is 1.17. The van der Waals surface area contributed by atoms with Gasteiger partial charge in [-0.3, -0.25) is 0 Å². The zero-order valence-electron chi connectivity index (χ0n) is 11.6. The van der Waals surface area contributed by atoms with Crippen molar-refractivity contribution in [1.82, 2.24) is 10.3 Å². The smallest absolute Gasteiger partial charge is 0.221 e. The molecule has 4 heteroatoms. The van der Waals surface area contributed by atoms with E-state index in [1.807, 2.05) is 31.3 Å². The van der Waals surface area contributed by atoms with E-state index in [-0.39, 0.29) is 6.10 Å². The fourth-order valence-corrected chi connectivity index (χ4v) is 2.02. The van der Waals surface area contributed by atoms with Crippen molar-refractivity contribution in [2.75, 3.05) is 20.8 Å². The van der Waals surface area contributed by atoms with Gasteiger partial charge in [0, 0.05) is 31.8 Å². The van der Waals surface area contributed by atoms with Crippen molar-refractivity contribution in [3.05, 3.63) is 36.0 Å². The number of ether oxygens (including phenoxy) is 2. The van der Waals surface area contributed by atoms with Crippen molar-refractivity contribution in [3.8, 4) is 5.88 Å². The Morgan fingerprint density at radius 1 is 1.21 bits per heavy atom. The number of benzene rings is 1. The molecule has 0 saturated heterocycles. The number of rotatable bonds is 6. The lowest BCUT2D eigenvalue weighted by Gasteiger charge is -2.13. The molecule has 0 bridgehead atoms. The minimum atomic E-state index is 0.206. The molecule has 1 N–H and O–H groups in total. The summed E-state index contributed by atoms with van der Waals surface area (Å²) >= 11 is 0. The van der Waals surface area contributed by atoms with Crippen LogP contribution in [-0.2, 0) is 11.3 Å². The maximum absolute atomic E-state index is 5.29. The van der Waals surface area contributed by atoms with Gasteiger partial charge in [-0.1, -0.05) is 18.2 Å². The van der Waals surface area contributed by atoms with Crippen molar-refractivity contribution in [2.45, 2.75) is 19.6 Å². The van der Waals surface area contributed by atoms with E-state index in [9.17, 15) is 0 Å². The molecular weight excluding hydrogens is 240 g/mol. The summed E-state index contributed by atoms with van der Waals surface area (Å²) in [7, 11) is 3.36. The van der Waals surface area contributed by atoms with Gasteiger partial charge in [0.05, 0.1) is 13.2 Å². The van der Waals surface area contributed by atoms with Crippen LogP contribution in [0, 0.1) is 0 Å². The van der Waals surface area contributed by atoms with Crippen molar-refractivity contribution < 1.29 is 9.47 Å². The molecule has 1 atom stereocenters. The number of hydrogen-bond acceptors (Lipinski definition) is 4. The van der Waals surface area contributed by atoms with E-state index in [0.717, 1.165) is 18.5 Å². The molecule has 19 heavy (non-hydrogen) atoms. The molecule has 1 aromatic heterocycles. The van der Waals surface area contributed by atoms with Gasteiger partial charge in [0.25, 0.3) is 0 Å². The predicted molar refractivity (Wildman–Crippen MR) is 76.5 cm³/mol. The van der Waals surface area contributed by atoms with Crippen LogP contribution >= 0.6 is 0 Å². The van der Waals surface area contributed by atoms with Gasteiger partial charge in [-0.15, -0.1) is 0 Å². The third kappa shape index (κ3) is 3.22. The zero-order valence-corrected chi connectivity index (χ0v) is 11.6. The van der Waals surface area contributed by atoms with E-state index in [1.165, 1.54) is 10.9 Å². The van der Waals surface area contributed by atoms with Crippen LogP contribution in [0.2, 0.25) is 0 Å². The Bertz CT molecular complexity index is 543. The molecule has 0 fully saturated rings. The highest BCUT2D eigenvalue weighted by atomic mass is 16.5. The maximum Gasteiger partial charge on any atom is 0.221 e. The monoisotopic (exact) mass is 260 g/mol. The highest BCUT2D eigenvalue weighted by Gasteiger charge is 2.07. The van der Waals surface area contributed by atoms with Crippen molar-refractivity contribution in [1.29, 1.82) is 0 Å². The molecule has 0 amide bonds. The van der Waals surface area contributed by atoms with E-state index in [4.69, 9.17) is 9.47 Å². The van der Waals surface area contributed by atoms with Crippen molar-refractivity contribution in [3.63, 3.8) is 0 Å². The summed E-state index contributed by atoms with van der Waals surface area (Å²) in [6.07, 6.45) is 2.07. The summed E-state index contributed by atoms with van der Waals surface area (Å²) in [4.78, 5) is 4.35. The van der Waals surface area contributed by atoms with Gasteiger partial charge in [0.1, 0.15) is 0 Å². The van der Waals surface area contributed by atoms with E-state index < -0.39 is 0 Å². The summed E-state index contributed by atoms with van der Waals surface area (Å²) < 4.78 is 10.5. The molecule has 1 aromatic carbocycles. The predicted octanol–water partition coefficient (Wildman–Crippen LogP) is 2.37. The van der Waals surface area contributed by atoms with Crippen molar-refractivity contribution >= 4 is 10.8 Å². The molecule has 2 rings (SSSR count). The van der Waals surface area contributed by atoms with Crippen LogP contribution in [-0.4, -0.2) is 31.9 Å². The lowest BCUT2D eigenvalue weighted by molar-refractivity contribution is 0.117. The average Bonchev–Trinajstić information content (AvgIpc) is 2.47. The normalized spacial score (nSPS) is 12.6. The standard InChI is InChI=1S/C15H20N2O2/c1-11(18-2)8-16-9-12-10-17-15(19-3)14-7-5-4-6-13(12)14/h4-7,10-11,16H,8-9H2,1-3H3. The summed E-state index contributed by atoms with van der Waals surface area (Å²) in [5.74, 6) is 0.671. The molecule has 0 aliphatic carbocycles. The number of pyridine rings is 1. The summed E-state index contributed by atoms with van der Waals surface area (Å²) in [6.45, 7) is 3.62. The third-order valence-electron chi connectivity index (χ3n) is 3.18. The van der Waals surface area contributed by atoms with Crippen LogP contribution in [0.25, 0.3) is 10.8 Å². The van der Waals surface area contributed by atoms with Gasteiger partial charge in [0.2, 0.25) is 5.88 Å². The molecular formula is C15H20N2O2. The molecule has 4 nitrogen and oxygen atoms in total. The van der Waals surface area contributed by atoms with Crippen LogP contribution in [0.5, 0.6) is 5.88 Å². The topological polar surface area (TPSA) is 43.4 Å². The number of aromatic nitrogens is 1. The average molecular weight is 260 g/mol. The molecule has 0 aliphatic rings.